The van der Waals surface area contributed by atoms with Gasteiger partial charge < -0.3 is 14.7 Å². The average Bonchev–Trinajstić information content (AvgIpc) is 2.60. The van der Waals surface area contributed by atoms with Crippen molar-refractivity contribution in [3.8, 4) is 5.75 Å². The van der Waals surface area contributed by atoms with Gasteiger partial charge in [0.2, 0.25) is 0 Å². The highest BCUT2D eigenvalue weighted by atomic mass is 35.5. The Labute approximate surface area is 156 Å². The lowest BCUT2D eigenvalue weighted by Gasteiger charge is -2.38. The molecule has 0 spiro atoms. The van der Waals surface area contributed by atoms with Crippen LogP contribution in [0.5, 0.6) is 5.75 Å². The van der Waals surface area contributed by atoms with Gasteiger partial charge in [-0.25, -0.2) is 0 Å². The van der Waals surface area contributed by atoms with Crippen LogP contribution in [0.4, 0.5) is 0 Å². The molecule has 0 saturated carbocycles. The number of ether oxygens (including phenoxy) is 1. The van der Waals surface area contributed by atoms with Crippen LogP contribution in [0.15, 0.2) is 54.6 Å². The van der Waals surface area contributed by atoms with Gasteiger partial charge in [-0.05, 0) is 50.3 Å². The summed E-state index contributed by atoms with van der Waals surface area (Å²) in [6.45, 7) is 3.27. The minimum Gasteiger partial charge on any atom is -0.493 e. The fraction of sp³-hybridized carbons (Fsp3) is 0.429. The summed E-state index contributed by atoms with van der Waals surface area (Å²) in [5, 5.41) is 12.3. The van der Waals surface area contributed by atoms with Gasteiger partial charge in [-0.15, -0.1) is 0 Å². The molecule has 136 valence electrons. The molecular formula is C21H28ClNO2. The normalized spacial score (nSPS) is 15.0. The standard InChI is InChI=1S/C21H28ClNO2/c1-4-14-21(24,17-8-6-5-7-9-17)18(15-23(2)3)16-25-20-12-10-19(22)11-13-20/h5-13,18,24H,4,14-16H2,1-3H3. The van der Waals surface area contributed by atoms with Crippen molar-refractivity contribution in [2.75, 3.05) is 27.2 Å². The van der Waals surface area contributed by atoms with Crippen LogP contribution in [0.3, 0.4) is 0 Å². The van der Waals surface area contributed by atoms with Gasteiger partial charge in [0.15, 0.2) is 0 Å². The molecule has 1 N–H and O–H groups in total. The molecule has 2 aromatic rings. The summed E-state index contributed by atoms with van der Waals surface area (Å²) < 4.78 is 5.99. The maximum absolute atomic E-state index is 11.6. The fourth-order valence-corrected chi connectivity index (χ4v) is 3.33. The zero-order chi connectivity index (χ0) is 18.3. The van der Waals surface area contributed by atoms with Crippen molar-refractivity contribution in [1.82, 2.24) is 4.90 Å². The van der Waals surface area contributed by atoms with Crippen molar-refractivity contribution in [3.05, 3.63) is 65.2 Å². The molecule has 2 rings (SSSR count). The van der Waals surface area contributed by atoms with Crippen LogP contribution in [0.2, 0.25) is 5.02 Å². The van der Waals surface area contributed by atoms with Crippen LogP contribution >= 0.6 is 11.6 Å². The maximum atomic E-state index is 11.6. The Morgan fingerprint density at radius 2 is 1.72 bits per heavy atom. The number of hydrogen-bond donors (Lipinski definition) is 1. The average molecular weight is 362 g/mol. The van der Waals surface area contributed by atoms with Crippen LogP contribution in [-0.2, 0) is 5.60 Å². The monoisotopic (exact) mass is 361 g/mol. The Morgan fingerprint density at radius 1 is 1.08 bits per heavy atom. The Hall–Kier alpha value is -1.55. The predicted molar refractivity (Wildman–Crippen MR) is 104 cm³/mol. The van der Waals surface area contributed by atoms with E-state index in [4.69, 9.17) is 16.3 Å². The molecule has 0 fully saturated rings. The van der Waals surface area contributed by atoms with E-state index in [2.05, 4.69) is 11.8 Å². The summed E-state index contributed by atoms with van der Waals surface area (Å²) in [4.78, 5) is 2.10. The number of rotatable bonds is 9. The van der Waals surface area contributed by atoms with Gasteiger partial charge in [0.25, 0.3) is 0 Å². The van der Waals surface area contributed by atoms with E-state index in [1.54, 1.807) is 0 Å². The third kappa shape index (κ3) is 5.46. The Balaban J connectivity index is 2.24. The van der Waals surface area contributed by atoms with E-state index in [0.29, 0.717) is 18.1 Å². The molecule has 0 aliphatic carbocycles. The molecular weight excluding hydrogens is 334 g/mol. The van der Waals surface area contributed by atoms with E-state index < -0.39 is 5.60 Å². The Morgan fingerprint density at radius 3 is 2.28 bits per heavy atom. The van der Waals surface area contributed by atoms with Crippen LogP contribution in [0, 0.1) is 5.92 Å². The van der Waals surface area contributed by atoms with E-state index in [1.807, 2.05) is 68.7 Å². The number of nitrogens with zero attached hydrogens (tertiary/aromatic N) is 1. The van der Waals surface area contributed by atoms with Gasteiger partial charge >= 0.3 is 0 Å². The lowest BCUT2D eigenvalue weighted by atomic mass is 9.78. The number of hydrogen-bond acceptors (Lipinski definition) is 3. The van der Waals surface area contributed by atoms with Gasteiger partial charge in [-0.3, -0.25) is 0 Å². The number of aliphatic hydroxyl groups is 1. The van der Waals surface area contributed by atoms with Crippen LogP contribution in [0.25, 0.3) is 0 Å². The summed E-state index contributed by atoms with van der Waals surface area (Å²) in [6.07, 6.45) is 1.59. The molecule has 0 heterocycles. The van der Waals surface area contributed by atoms with E-state index in [1.165, 1.54) is 0 Å². The van der Waals surface area contributed by atoms with E-state index in [0.717, 1.165) is 24.3 Å². The number of halogens is 1. The van der Waals surface area contributed by atoms with Crippen molar-refractivity contribution < 1.29 is 9.84 Å². The minimum atomic E-state index is -0.924. The van der Waals surface area contributed by atoms with Gasteiger partial charge in [0.1, 0.15) is 5.75 Å². The van der Waals surface area contributed by atoms with E-state index >= 15 is 0 Å². The Kier molecular flexibility index (Phi) is 7.30. The van der Waals surface area contributed by atoms with Gasteiger partial charge in [0, 0.05) is 17.5 Å². The molecule has 0 aliphatic rings. The lowest BCUT2D eigenvalue weighted by molar-refractivity contribution is -0.0568. The van der Waals surface area contributed by atoms with Crippen molar-refractivity contribution >= 4 is 11.6 Å². The van der Waals surface area contributed by atoms with Crippen molar-refractivity contribution in [3.63, 3.8) is 0 Å². The molecule has 0 radical (unpaired) electrons. The molecule has 0 saturated heterocycles. The van der Waals surface area contributed by atoms with E-state index in [9.17, 15) is 5.11 Å². The fourth-order valence-electron chi connectivity index (χ4n) is 3.20. The van der Waals surface area contributed by atoms with Gasteiger partial charge in [-0.1, -0.05) is 55.3 Å². The highest BCUT2D eigenvalue weighted by Crippen LogP contribution is 2.35. The molecule has 0 aliphatic heterocycles. The second-order valence-corrected chi connectivity index (χ2v) is 7.20. The molecule has 2 unspecified atom stereocenters. The zero-order valence-electron chi connectivity index (χ0n) is 15.3. The van der Waals surface area contributed by atoms with Gasteiger partial charge in [-0.2, -0.15) is 0 Å². The first kappa shape index (κ1) is 19.8. The van der Waals surface area contributed by atoms with Crippen molar-refractivity contribution in [2.45, 2.75) is 25.4 Å². The van der Waals surface area contributed by atoms with Crippen molar-refractivity contribution in [2.24, 2.45) is 5.92 Å². The first-order valence-corrected chi connectivity index (χ1v) is 9.14. The summed E-state index contributed by atoms with van der Waals surface area (Å²) in [5.41, 5.74) is 0.0237. The van der Waals surface area contributed by atoms with Crippen LogP contribution in [0.1, 0.15) is 25.3 Å². The second kappa shape index (κ2) is 9.23. The smallest absolute Gasteiger partial charge is 0.119 e. The molecule has 0 bridgehead atoms. The topological polar surface area (TPSA) is 32.7 Å². The van der Waals surface area contributed by atoms with Gasteiger partial charge in [0.05, 0.1) is 12.2 Å². The molecule has 0 aromatic heterocycles. The van der Waals surface area contributed by atoms with Crippen LogP contribution < -0.4 is 4.74 Å². The molecule has 0 amide bonds. The first-order valence-electron chi connectivity index (χ1n) is 8.76. The molecule has 2 atom stereocenters. The van der Waals surface area contributed by atoms with E-state index in [-0.39, 0.29) is 5.92 Å². The van der Waals surface area contributed by atoms with Crippen molar-refractivity contribution in [1.29, 1.82) is 0 Å². The summed E-state index contributed by atoms with van der Waals surface area (Å²) in [7, 11) is 4.04. The molecule has 2 aromatic carbocycles. The highest BCUT2D eigenvalue weighted by Gasteiger charge is 2.38. The molecule has 3 nitrogen and oxygen atoms in total. The quantitative estimate of drug-likeness (QED) is 0.709. The van der Waals surface area contributed by atoms with Crippen LogP contribution in [-0.4, -0.2) is 37.3 Å². The predicted octanol–water partition coefficient (Wildman–Crippen LogP) is 4.58. The molecule has 4 heteroatoms. The minimum absolute atomic E-state index is 0.0551. The summed E-state index contributed by atoms with van der Waals surface area (Å²) in [5.74, 6) is 0.709. The largest absolute Gasteiger partial charge is 0.493 e. The lowest BCUT2D eigenvalue weighted by Crippen LogP contribution is -2.44. The summed E-state index contributed by atoms with van der Waals surface area (Å²) >= 11 is 5.93. The third-order valence-electron chi connectivity index (χ3n) is 4.43. The third-order valence-corrected chi connectivity index (χ3v) is 4.68. The second-order valence-electron chi connectivity index (χ2n) is 6.76. The molecule has 25 heavy (non-hydrogen) atoms. The zero-order valence-corrected chi connectivity index (χ0v) is 16.0. The number of benzene rings is 2. The summed E-state index contributed by atoms with van der Waals surface area (Å²) in [6, 6.07) is 17.3. The first-order chi connectivity index (χ1) is 12.0. The maximum Gasteiger partial charge on any atom is 0.119 e. The SMILES string of the molecule is CCCC(O)(c1ccccc1)C(COc1ccc(Cl)cc1)CN(C)C. The Bertz CT molecular complexity index is 630. The highest BCUT2D eigenvalue weighted by molar-refractivity contribution is 6.30.